The fourth-order valence-corrected chi connectivity index (χ4v) is 3.71. The lowest BCUT2D eigenvalue weighted by Crippen LogP contribution is -2.35. The highest BCUT2D eigenvalue weighted by atomic mass is 16.5. The van der Waals surface area contributed by atoms with Gasteiger partial charge in [-0.1, -0.05) is 42.5 Å². The van der Waals surface area contributed by atoms with Gasteiger partial charge in [0, 0.05) is 29.4 Å². The van der Waals surface area contributed by atoms with E-state index in [4.69, 9.17) is 14.2 Å². The molecule has 31 heavy (non-hydrogen) atoms. The van der Waals surface area contributed by atoms with E-state index in [0.29, 0.717) is 31.2 Å². The van der Waals surface area contributed by atoms with Gasteiger partial charge in [0.2, 0.25) is 0 Å². The van der Waals surface area contributed by atoms with Crippen molar-refractivity contribution in [1.29, 1.82) is 0 Å². The second-order valence-corrected chi connectivity index (χ2v) is 7.58. The Bertz CT molecular complexity index is 1140. The molecule has 0 amide bonds. The van der Waals surface area contributed by atoms with Crippen molar-refractivity contribution in [3.05, 3.63) is 66.7 Å². The van der Waals surface area contributed by atoms with Gasteiger partial charge in [-0.15, -0.1) is 0 Å². The van der Waals surface area contributed by atoms with Crippen LogP contribution in [-0.4, -0.2) is 61.6 Å². The van der Waals surface area contributed by atoms with Crippen LogP contribution in [0.1, 0.15) is 0 Å². The molecule has 1 heterocycles. The molecule has 1 atom stereocenters. The van der Waals surface area contributed by atoms with Crippen LogP contribution in [0.5, 0.6) is 17.2 Å². The topological polar surface area (TPSA) is 67.0 Å². The van der Waals surface area contributed by atoms with Crippen molar-refractivity contribution in [2.45, 2.75) is 6.10 Å². The molecule has 0 aliphatic rings. The monoisotopic (exact) mass is 420 g/mol. The van der Waals surface area contributed by atoms with E-state index < -0.39 is 6.10 Å². The zero-order valence-corrected chi connectivity index (χ0v) is 17.9. The van der Waals surface area contributed by atoms with Crippen molar-refractivity contribution < 1.29 is 19.3 Å². The molecule has 0 aliphatic carbocycles. The van der Waals surface area contributed by atoms with Crippen LogP contribution in [0.2, 0.25) is 0 Å². The molecule has 3 aromatic carbocycles. The van der Waals surface area contributed by atoms with E-state index in [2.05, 4.69) is 23.2 Å². The second-order valence-electron chi connectivity index (χ2n) is 7.58. The number of aliphatic hydroxyl groups excluding tert-OH is 1. The number of nitrogens with one attached hydrogen (secondary N) is 1. The number of nitrogens with zero attached hydrogens (tertiary/aromatic N) is 1. The summed E-state index contributed by atoms with van der Waals surface area (Å²) in [6.07, 6.45) is -0.615. The molecule has 0 bridgehead atoms. The molecule has 4 rings (SSSR count). The maximum Gasteiger partial charge on any atom is 0.161 e. The first kappa shape index (κ1) is 21.0. The van der Waals surface area contributed by atoms with Gasteiger partial charge in [0.15, 0.2) is 11.5 Å². The highest BCUT2D eigenvalue weighted by Crippen LogP contribution is 2.31. The third-order valence-corrected chi connectivity index (χ3v) is 5.26. The van der Waals surface area contributed by atoms with Gasteiger partial charge in [0.25, 0.3) is 0 Å². The SMILES string of the molecule is COc1ccccc1OCCN(C)CC(O)COc1cccc2c1[nH]c1ccccc12. The third kappa shape index (κ3) is 4.93. The number of hydrogen-bond acceptors (Lipinski definition) is 5. The van der Waals surface area contributed by atoms with Crippen LogP contribution in [0.3, 0.4) is 0 Å². The number of para-hydroxylation sites is 4. The summed E-state index contributed by atoms with van der Waals surface area (Å²) in [6, 6.07) is 21.7. The van der Waals surface area contributed by atoms with Crippen molar-refractivity contribution in [3.63, 3.8) is 0 Å². The number of likely N-dealkylation sites (N-methyl/N-ethyl adjacent to an activating group) is 1. The zero-order valence-electron chi connectivity index (χ0n) is 17.9. The lowest BCUT2D eigenvalue weighted by atomic mass is 10.1. The largest absolute Gasteiger partial charge is 0.493 e. The van der Waals surface area contributed by atoms with Crippen LogP contribution in [0, 0.1) is 0 Å². The molecule has 1 unspecified atom stereocenters. The number of fused-ring (bicyclic) bond motifs is 3. The molecule has 0 spiro atoms. The Balaban J connectivity index is 1.28. The van der Waals surface area contributed by atoms with E-state index in [-0.39, 0.29) is 6.61 Å². The third-order valence-electron chi connectivity index (χ3n) is 5.26. The van der Waals surface area contributed by atoms with E-state index >= 15 is 0 Å². The standard InChI is InChI=1S/C25H28N2O4/c1-27(14-15-30-23-12-6-5-11-22(23)29-2)16-18(28)17-31-24-13-7-9-20-19-8-3-4-10-21(19)26-25(20)24/h3-13,18,26,28H,14-17H2,1-2H3. The molecule has 0 fully saturated rings. The quantitative estimate of drug-likeness (QED) is 0.405. The molecule has 0 aliphatic heterocycles. The maximum absolute atomic E-state index is 10.5. The summed E-state index contributed by atoms with van der Waals surface area (Å²) in [6.45, 7) is 1.87. The van der Waals surface area contributed by atoms with Gasteiger partial charge in [-0.2, -0.15) is 0 Å². The molecule has 162 valence electrons. The molecule has 2 N–H and O–H groups in total. The van der Waals surface area contributed by atoms with Crippen LogP contribution < -0.4 is 14.2 Å². The van der Waals surface area contributed by atoms with Crippen LogP contribution in [0.15, 0.2) is 66.7 Å². The maximum atomic E-state index is 10.5. The van der Waals surface area contributed by atoms with Crippen LogP contribution in [-0.2, 0) is 0 Å². The van der Waals surface area contributed by atoms with E-state index in [1.54, 1.807) is 7.11 Å². The van der Waals surface area contributed by atoms with E-state index in [1.165, 1.54) is 5.39 Å². The van der Waals surface area contributed by atoms with Crippen LogP contribution >= 0.6 is 0 Å². The average Bonchev–Trinajstić information content (AvgIpc) is 3.17. The lowest BCUT2D eigenvalue weighted by Gasteiger charge is -2.21. The van der Waals surface area contributed by atoms with E-state index in [1.807, 2.05) is 60.5 Å². The number of H-pyrrole nitrogens is 1. The smallest absolute Gasteiger partial charge is 0.161 e. The summed E-state index contributed by atoms with van der Waals surface area (Å²) >= 11 is 0. The number of aromatic amines is 1. The number of benzene rings is 3. The van der Waals surface area contributed by atoms with Crippen molar-refractivity contribution in [2.75, 3.05) is 40.5 Å². The minimum absolute atomic E-state index is 0.214. The number of rotatable bonds is 10. The minimum atomic E-state index is -0.615. The number of aliphatic hydroxyl groups is 1. The first-order valence-corrected chi connectivity index (χ1v) is 10.4. The summed E-state index contributed by atoms with van der Waals surface area (Å²) in [5.74, 6) is 2.17. The van der Waals surface area contributed by atoms with E-state index in [0.717, 1.165) is 22.2 Å². The van der Waals surface area contributed by atoms with Gasteiger partial charge in [-0.05, 0) is 31.3 Å². The zero-order chi connectivity index (χ0) is 21.6. The summed E-state index contributed by atoms with van der Waals surface area (Å²) in [4.78, 5) is 5.44. The van der Waals surface area contributed by atoms with Gasteiger partial charge in [0.1, 0.15) is 25.1 Å². The first-order valence-electron chi connectivity index (χ1n) is 10.4. The van der Waals surface area contributed by atoms with Gasteiger partial charge in [-0.25, -0.2) is 0 Å². The highest BCUT2D eigenvalue weighted by Gasteiger charge is 2.13. The molecule has 1 aromatic heterocycles. The first-order chi connectivity index (χ1) is 15.2. The lowest BCUT2D eigenvalue weighted by molar-refractivity contribution is 0.0726. The Morgan fingerprint density at radius 1 is 0.871 bits per heavy atom. The van der Waals surface area contributed by atoms with Crippen molar-refractivity contribution in [3.8, 4) is 17.2 Å². The number of methoxy groups -OCH3 is 1. The molecule has 4 aromatic rings. The Hall–Kier alpha value is -3.22. The van der Waals surface area contributed by atoms with Gasteiger partial charge < -0.3 is 29.2 Å². The summed E-state index contributed by atoms with van der Waals surface area (Å²) < 4.78 is 17.1. The van der Waals surface area contributed by atoms with Crippen molar-refractivity contribution >= 4 is 21.8 Å². The fraction of sp³-hybridized carbons (Fsp3) is 0.280. The van der Waals surface area contributed by atoms with Gasteiger partial charge >= 0.3 is 0 Å². The number of hydrogen-bond donors (Lipinski definition) is 2. The molecule has 6 nitrogen and oxygen atoms in total. The predicted octanol–water partition coefficient (Wildman–Crippen LogP) is 4.08. The number of aromatic nitrogens is 1. The van der Waals surface area contributed by atoms with Crippen LogP contribution in [0.25, 0.3) is 21.8 Å². The highest BCUT2D eigenvalue weighted by molar-refractivity contribution is 6.09. The van der Waals surface area contributed by atoms with E-state index in [9.17, 15) is 5.11 Å². The molecular formula is C25H28N2O4. The van der Waals surface area contributed by atoms with Gasteiger partial charge in [0.05, 0.1) is 12.6 Å². The molecule has 0 radical (unpaired) electrons. The molecule has 0 saturated carbocycles. The summed E-state index contributed by atoms with van der Waals surface area (Å²) in [5, 5.41) is 12.7. The number of ether oxygens (including phenoxy) is 3. The second kappa shape index (κ2) is 9.73. The summed E-state index contributed by atoms with van der Waals surface area (Å²) in [5.41, 5.74) is 2.03. The fourth-order valence-electron chi connectivity index (χ4n) is 3.71. The van der Waals surface area contributed by atoms with Gasteiger partial charge in [-0.3, -0.25) is 0 Å². The molecular weight excluding hydrogens is 392 g/mol. The van der Waals surface area contributed by atoms with Crippen molar-refractivity contribution in [1.82, 2.24) is 9.88 Å². The average molecular weight is 421 g/mol. The normalized spacial score (nSPS) is 12.4. The molecule has 6 heteroatoms. The Morgan fingerprint density at radius 2 is 1.58 bits per heavy atom. The molecule has 0 saturated heterocycles. The predicted molar refractivity (Wildman–Crippen MR) is 123 cm³/mol. The van der Waals surface area contributed by atoms with Crippen LogP contribution in [0.4, 0.5) is 0 Å². The van der Waals surface area contributed by atoms with Crippen molar-refractivity contribution in [2.24, 2.45) is 0 Å². The Morgan fingerprint density at radius 3 is 2.42 bits per heavy atom. The Kier molecular flexibility index (Phi) is 6.60. The Labute approximate surface area is 182 Å². The summed E-state index contributed by atoms with van der Waals surface area (Å²) in [7, 11) is 3.58. The minimum Gasteiger partial charge on any atom is -0.493 e.